The molecule has 0 radical (unpaired) electrons. The molecule has 0 fully saturated rings. The molecule has 1 aromatic heterocycles. The lowest BCUT2D eigenvalue weighted by Crippen LogP contribution is -2.20. The van der Waals surface area contributed by atoms with E-state index in [-0.39, 0.29) is 11.7 Å². The number of hydrogen-bond acceptors (Lipinski definition) is 5. The summed E-state index contributed by atoms with van der Waals surface area (Å²) >= 11 is 13.3. The van der Waals surface area contributed by atoms with Gasteiger partial charge in [-0.05, 0) is 61.0 Å². The molecule has 0 N–H and O–H groups in total. The topological polar surface area (TPSA) is 65.7 Å². The Labute approximate surface area is 189 Å². The highest BCUT2D eigenvalue weighted by Crippen LogP contribution is 2.42. The third-order valence-electron chi connectivity index (χ3n) is 4.01. The lowest BCUT2D eigenvalue weighted by Gasteiger charge is -2.17. The number of aryl methyl sites for hydroxylation is 1. The van der Waals surface area contributed by atoms with E-state index in [2.05, 4.69) is 41.9 Å². The number of benzene rings is 2. The van der Waals surface area contributed by atoms with Crippen molar-refractivity contribution in [2.24, 2.45) is 5.10 Å². The third-order valence-corrected chi connectivity index (χ3v) is 5.95. The molecule has 0 aliphatic heterocycles. The smallest absolute Gasteiger partial charge is 0.282 e. The van der Waals surface area contributed by atoms with Gasteiger partial charge in [0.1, 0.15) is 10.8 Å². The Morgan fingerprint density at radius 3 is 2.66 bits per heavy atom. The highest BCUT2D eigenvalue weighted by molar-refractivity contribution is 9.10. The number of aromatic nitrogens is 2. The Bertz CT molecular complexity index is 1180. The second-order valence-electron chi connectivity index (χ2n) is 6.47. The number of methoxy groups -OCH3 is 1. The van der Waals surface area contributed by atoms with Crippen molar-refractivity contribution >= 4 is 60.6 Å². The fourth-order valence-electron chi connectivity index (χ4n) is 2.71. The summed E-state index contributed by atoms with van der Waals surface area (Å²) in [6.45, 7) is 5.53. The summed E-state index contributed by atoms with van der Waals surface area (Å²) in [5.74, 6) is 1.38. The van der Waals surface area contributed by atoms with Crippen LogP contribution in [0.4, 0.5) is 0 Å². The van der Waals surface area contributed by atoms with E-state index in [0.717, 1.165) is 4.47 Å². The molecule has 0 atom stereocenters. The molecule has 3 aromatic rings. The van der Waals surface area contributed by atoms with Gasteiger partial charge in [0.25, 0.3) is 5.56 Å². The maximum atomic E-state index is 12.9. The molecule has 0 saturated heterocycles. The fourth-order valence-corrected chi connectivity index (χ4v) is 3.72. The number of nitrogens with zero attached hydrogens (tertiary/aromatic N) is 3. The zero-order chi connectivity index (χ0) is 21.3. The van der Waals surface area contributed by atoms with Gasteiger partial charge < -0.3 is 9.47 Å². The summed E-state index contributed by atoms with van der Waals surface area (Å²) in [6.07, 6.45) is 1.45. The van der Waals surface area contributed by atoms with Gasteiger partial charge in [-0.25, -0.2) is 4.98 Å². The molecule has 1 heterocycles. The Hall–Kier alpha value is -1.90. The average molecular weight is 544 g/mol. The molecule has 0 unspecified atom stereocenters. The van der Waals surface area contributed by atoms with Crippen LogP contribution in [0.25, 0.3) is 10.9 Å². The molecule has 0 bridgehead atoms. The van der Waals surface area contributed by atoms with Crippen molar-refractivity contribution in [1.82, 2.24) is 9.66 Å². The lowest BCUT2D eigenvalue weighted by molar-refractivity contribution is 0.230. The number of rotatable bonds is 5. The van der Waals surface area contributed by atoms with Crippen LogP contribution in [0.2, 0.25) is 5.02 Å². The van der Waals surface area contributed by atoms with Gasteiger partial charge in [-0.2, -0.15) is 9.78 Å². The second kappa shape index (κ2) is 8.85. The number of ether oxygens (including phenoxy) is 2. The minimum atomic E-state index is -0.265. The van der Waals surface area contributed by atoms with Crippen LogP contribution in [0, 0.1) is 6.92 Å². The quantitative estimate of drug-likeness (QED) is 0.395. The van der Waals surface area contributed by atoms with Crippen LogP contribution in [0.1, 0.15) is 25.2 Å². The maximum absolute atomic E-state index is 12.9. The van der Waals surface area contributed by atoms with Crippen molar-refractivity contribution in [3.63, 3.8) is 0 Å². The zero-order valence-electron chi connectivity index (χ0n) is 16.2. The van der Waals surface area contributed by atoms with Crippen LogP contribution < -0.4 is 15.0 Å². The first kappa shape index (κ1) is 21.8. The van der Waals surface area contributed by atoms with Crippen molar-refractivity contribution in [1.29, 1.82) is 0 Å². The summed E-state index contributed by atoms with van der Waals surface area (Å²) in [7, 11) is 1.54. The van der Waals surface area contributed by atoms with Crippen LogP contribution >= 0.6 is 43.5 Å². The van der Waals surface area contributed by atoms with Gasteiger partial charge >= 0.3 is 0 Å². The Kier molecular flexibility index (Phi) is 6.65. The summed E-state index contributed by atoms with van der Waals surface area (Å²) in [4.78, 5) is 17.3. The van der Waals surface area contributed by atoms with Crippen LogP contribution in [0.3, 0.4) is 0 Å². The highest BCUT2D eigenvalue weighted by atomic mass is 79.9. The van der Waals surface area contributed by atoms with Crippen LogP contribution in [0.5, 0.6) is 11.5 Å². The molecular formula is C20H18Br2ClN3O3. The second-order valence-corrected chi connectivity index (χ2v) is 8.56. The van der Waals surface area contributed by atoms with Crippen molar-refractivity contribution in [2.45, 2.75) is 26.9 Å². The molecule has 0 amide bonds. The lowest BCUT2D eigenvalue weighted by atomic mass is 10.2. The van der Waals surface area contributed by atoms with Crippen molar-refractivity contribution in [3.8, 4) is 11.5 Å². The van der Waals surface area contributed by atoms with Crippen molar-refractivity contribution in [2.75, 3.05) is 7.11 Å². The zero-order valence-corrected chi connectivity index (χ0v) is 20.1. The third kappa shape index (κ3) is 4.49. The van der Waals surface area contributed by atoms with Gasteiger partial charge in [0.15, 0.2) is 11.5 Å². The predicted octanol–water partition coefficient (Wildman–Crippen LogP) is 5.56. The minimum absolute atomic E-state index is 0.0722. The van der Waals surface area contributed by atoms with E-state index in [1.807, 2.05) is 19.9 Å². The van der Waals surface area contributed by atoms with Crippen molar-refractivity contribution < 1.29 is 9.47 Å². The number of hydrogen-bond donors (Lipinski definition) is 0. The van der Waals surface area contributed by atoms with E-state index >= 15 is 0 Å². The Morgan fingerprint density at radius 2 is 2.00 bits per heavy atom. The molecule has 3 rings (SSSR count). The Morgan fingerprint density at radius 1 is 1.28 bits per heavy atom. The number of fused-ring (bicyclic) bond motifs is 1. The van der Waals surface area contributed by atoms with Gasteiger partial charge in [0.2, 0.25) is 0 Å². The standard InChI is InChI=1S/C20H18Br2ClN3O3/c1-10(2)29-19-16(28-4)7-12(17(22)18(19)23)9-24-26-11(3)25-15-6-5-13(21)8-14(15)20(26)27/h5-10H,1-4H3. The molecular weight excluding hydrogens is 525 g/mol. The normalized spacial score (nSPS) is 11.6. The van der Waals surface area contributed by atoms with Gasteiger partial charge in [-0.1, -0.05) is 27.5 Å². The van der Waals surface area contributed by atoms with Gasteiger partial charge in [0.05, 0.1) is 30.3 Å². The van der Waals surface area contributed by atoms with E-state index in [1.54, 1.807) is 25.1 Å². The summed E-state index contributed by atoms with van der Waals surface area (Å²) in [5, 5.41) is 5.17. The van der Waals surface area contributed by atoms with Crippen LogP contribution in [-0.4, -0.2) is 29.1 Å². The predicted molar refractivity (Wildman–Crippen MR) is 123 cm³/mol. The first-order valence-electron chi connectivity index (χ1n) is 8.68. The minimum Gasteiger partial charge on any atom is -0.493 e. The SMILES string of the molecule is COc1cc(C=Nn2c(C)nc3ccc(Br)cc3c2=O)c(Br)c(Cl)c1OC(C)C. The molecule has 29 heavy (non-hydrogen) atoms. The molecule has 9 heteroatoms. The summed E-state index contributed by atoms with van der Waals surface area (Å²) < 4.78 is 13.8. The van der Waals surface area contributed by atoms with Gasteiger partial charge in [0, 0.05) is 14.5 Å². The molecule has 0 aliphatic rings. The van der Waals surface area contributed by atoms with Gasteiger partial charge in [-0.15, -0.1) is 0 Å². The molecule has 2 aromatic carbocycles. The summed E-state index contributed by atoms with van der Waals surface area (Å²) in [5.41, 5.74) is 0.978. The van der Waals surface area contributed by atoms with Crippen LogP contribution in [-0.2, 0) is 0 Å². The van der Waals surface area contributed by atoms with E-state index in [0.29, 0.717) is 43.3 Å². The van der Waals surface area contributed by atoms with E-state index in [4.69, 9.17) is 21.1 Å². The van der Waals surface area contributed by atoms with Crippen LogP contribution in [0.15, 0.2) is 43.1 Å². The summed E-state index contributed by atoms with van der Waals surface area (Å²) in [6, 6.07) is 7.09. The highest BCUT2D eigenvalue weighted by Gasteiger charge is 2.18. The first-order valence-corrected chi connectivity index (χ1v) is 10.6. The molecule has 0 saturated carbocycles. The van der Waals surface area contributed by atoms with E-state index in [1.165, 1.54) is 18.0 Å². The molecule has 152 valence electrons. The monoisotopic (exact) mass is 541 g/mol. The van der Waals surface area contributed by atoms with Gasteiger partial charge in [-0.3, -0.25) is 4.79 Å². The molecule has 6 nitrogen and oxygen atoms in total. The van der Waals surface area contributed by atoms with E-state index < -0.39 is 0 Å². The average Bonchev–Trinajstić information content (AvgIpc) is 2.67. The number of halogens is 3. The fraction of sp³-hybridized carbons (Fsp3) is 0.250. The van der Waals surface area contributed by atoms with E-state index in [9.17, 15) is 4.79 Å². The largest absolute Gasteiger partial charge is 0.493 e. The molecule has 0 aliphatic carbocycles. The first-order chi connectivity index (χ1) is 13.7. The molecule has 0 spiro atoms. The Balaban J connectivity index is 2.11. The maximum Gasteiger partial charge on any atom is 0.282 e. The van der Waals surface area contributed by atoms with Crippen molar-refractivity contribution in [3.05, 3.63) is 60.0 Å².